The number of hydrogen-bond donors (Lipinski definition) is 1. The minimum Gasteiger partial charge on any atom is -0.374 e. The molecule has 24 heavy (non-hydrogen) atoms. The van der Waals surface area contributed by atoms with Gasteiger partial charge in [0.15, 0.2) is 5.82 Å². The van der Waals surface area contributed by atoms with Gasteiger partial charge in [0.1, 0.15) is 11.9 Å². The normalized spacial score (nSPS) is 22.7. The molecule has 1 aliphatic heterocycles. The Morgan fingerprint density at radius 3 is 3.00 bits per heavy atom. The molecular formula is C17H25N5O2. The zero-order valence-electron chi connectivity index (χ0n) is 14.4. The number of aryl methyl sites for hydroxylation is 2. The first-order valence-electron chi connectivity index (χ1n) is 8.91. The molecule has 2 aromatic rings. The van der Waals surface area contributed by atoms with Crippen LogP contribution in [-0.4, -0.2) is 38.7 Å². The number of nitrogens with one attached hydrogen (secondary N) is 1. The minimum atomic E-state index is -0.145. The van der Waals surface area contributed by atoms with Gasteiger partial charge < -0.3 is 14.2 Å². The summed E-state index contributed by atoms with van der Waals surface area (Å²) in [5.74, 6) is 2.37. The van der Waals surface area contributed by atoms with Gasteiger partial charge in [0, 0.05) is 12.8 Å². The molecule has 0 radical (unpaired) electrons. The van der Waals surface area contributed by atoms with E-state index in [1.165, 1.54) is 30.7 Å². The Hall–Kier alpha value is -1.73. The van der Waals surface area contributed by atoms with Crippen molar-refractivity contribution in [1.29, 1.82) is 0 Å². The van der Waals surface area contributed by atoms with Crippen molar-refractivity contribution in [2.45, 2.75) is 64.1 Å². The van der Waals surface area contributed by atoms with Crippen molar-refractivity contribution in [3.63, 3.8) is 0 Å². The molecule has 0 bridgehead atoms. The Labute approximate surface area is 141 Å². The second kappa shape index (κ2) is 6.64. The summed E-state index contributed by atoms with van der Waals surface area (Å²) in [6.45, 7) is 3.62. The van der Waals surface area contributed by atoms with E-state index in [9.17, 15) is 0 Å². The summed E-state index contributed by atoms with van der Waals surface area (Å²) in [6.07, 6.45) is 6.93. The molecule has 130 valence electrons. The van der Waals surface area contributed by atoms with E-state index >= 15 is 0 Å². The molecule has 2 atom stereocenters. The van der Waals surface area contributed by atoms with Gasteiger partial charge in [-0.1, -0.05) is 5.16 Å². The van der Waals surface area contributed by atoms with Crippen LogP contribution in [0.4, 0.5) is 0 Å². The smallest absolute Gasteiger partial charge is 0.240 e. The van der Waals surface area contributed by atoms with Gasteiger partial charge in [-0.05, 0) is 52.0 Å². The molecule has 1 fully saturated rings. The van der Waals surface area contributed by atoms with E-state index in [1.54, 1.807) is 7.11 Å². The predicted octanol–water partition coefficient (Wildman–Crippen LogP) is 2.72. The molecule has 0 unspecified atom stereocenters. The van der Waals surface area contributed by atoms with E-state index in [-0.39, 0.29) is 6.10 Å². The molecule has 7 heteroatoms. The van der Waals surface area contributed by atoms with Gasteiger partial charge in [-0.2, -0.15) is 4.98 Å². The highest BCUT2D eigenvalue weighted by Gasteiger charge is 2.31. The van der Waals surface area contributed by atoms with Gasteiger partial charge in [0.05, 0.1) is 18.3 Å². The van der Waals surface area contributed by atoms with Crippen LogP contribution in [0.25, 0.3) is 0 Å². The maximum absolute atomic E-state index is 5.40. The maximum atomic E-state index is 5.40. The molecule has 0 saturated carbocycles. The summed E-state index contributed by atoms with van der Waals surface area (Å²) in [6, 6.07) is 0.325. The summed E-state index contributed by atoms with van der Waals surface area (Å²) in [5, 5.41) is 4.02. The number of hydrogen-bond acceptors (Lipinski definition) is 6. The Bertz CT molecular complexity index is 671. The molecule has 1 saturated heterocycles. The highest BCUT2D eigenvalue weighted by molar-refractivity contribution is 5.19. The average Bonchev–Trinajstić information content (AvgIpc) is 3.33. The summed E-state index contributed by atoms with van der Waals surface area (Å²) < 4.78 is 10.6. The first-order valence-corrected chi connectivity index (χ1v) is 8.91. The average molecular weight is 331 g/mol. The van der Waals surface area contributed by atoms with E-state index in [4.69, 9.17) is 14.2 Å². The lowest BCUT2D eigenvalue weighted by Gasteiger charge is -2.20. The number of aromatic amines is 1. The second-order valence-corrected chi connectivity index (χ2v) is 6.81. The molecule has 0 aromatic carbocycles. The Kier molecular flexibility index (Phi) is 4.37. The van der Waals surface area contributed by atoms with Crippen molar-refractivity contribution in [3.8, 4) is 0 Å². The van der Waals surface area contributed by atoms with Crippen LogP contribution < -0.4 is 0 Å². The van der Waals surface area contributed by atoms with Crippen molar-refractivity contribution >= 4 is 0 Å². The fourth-order valence-electron chi connectivity index (χ4n) is 3.73. The van der Waals surface area contributed by atoms with E-state index in [0.29, 0.717) is 24.3 Å². The van der Waals surface area contributed by atoms with Crippen molar-refractivity contribution in [1.82, 2.24) is 25.0 Å². The number of H-pyrrole nitrogens is 1. The van der Waals surface area contributed by atoms with E-state index < -0.39 is 0 Å². The third-order valence-electron chi connectivity index (χ3n) is 5.19. The lowest BCUT2D eigenvalue weighted by molar-refractivity contribution is 0.109. The predicted molar refractivity (Wildman–Crippen MR) is 87.3 cm³/mol. The number of nitrogens with zero attached hydrogens (tertiary/aromatic N) is 4. The standard InChI is InChI=1S/C17H25N5O2/c1-11(23-2)16-20-15(24-21-16)10-22-9-5-8-14(22)17-18-12-6-3-4-7-13(12)19-17/h11,14H,3-10H2,1-2H3,(H,18,19)/t11-,14-/m0/s1. The van der Waals surface area contributed by atoms with Gasteiger partial charge >= 0.3 is 0 Å². The fourth-order valence-corrected chi connectivity index (χ4v) is 3.73. The highest BCUT2D eigenvalue weighted by atomic mass is 16.5. The van der Waals surface area contributed by atoms with Crippen molar-refractivity contribution in [2.75, 3.05) is 13.7 Å². The molecule has 1 aliphatic carbocycles. The molecule has 1 N–H and O–H groups in total. The molecule has 0 amide bonds. The first kappa shape index (κ1) is 15.8. The van der Waals surface area contributed by atoms with E-state index in [2.05, 4.69) is 20.0 Å². The molecule has 0 spiro atoms. The third kappa shape index (κ3) is 2.98. The molecular weight excluding hydrogens is 306 g/mol. The van der Waals surface area contributed by atoms with Crippen LogP contribution in [0.15, 0.2) is 4.52 Å². The topological polar surface area (TPSA) is 80.1 Å². The quantitative estimate of drug-likeness (QED) is 0.907. The van der Waals surface area contributed by atoms with Crippen molar-refractivity contribution in [3.05, 3.63) is 28.9 Å². The lowest BCUT2D eigenvalue weighted by Crippen LogP contribution is -2.23. The highest BCUT2D eigenvalue weighted by Crippen LogP contribution is 2.33. The number of fused-ring (bicyclic) bond motifs is 1. The number of rotatable bonds is 5. The zero-order valence-corrected chi connectivity index (χ0v) is 14.4. The van der Waals surface area contributed by atoms with Crippen LogP contribution in [0.5, 0.6) is 0 Å². The Morgan fingerprint density at radius 1 is 1.29 bits per heavy atom. The summed E-state index contributed by atoms with van der Waals surface area (Å²) >= 11 is 0. The van der Waals surface area contributed by atoms with E-state index in [0.717, 1.165) is 31.6 Å². The SMILES string of the molecule is CO[C@@H](C)c1noc(CN2CCC[C@H]2c2nc3c([nH]2)CCCC3)n1. The van der Waals surface area contributed by atoms with Crippen LogP contribution in [0.3, 0.4) is 0 Å². The van der Waals surface area contributed by atoms with Gasteiger partial charge in [-0.15, -0.1) is 0 Å². The van der Waals surface area contributed by atoms with Gasteiger partial charge in [-0.25, -0.2) is 4.98 Å². The lowest BCUT2D eigenvalue weighted by atomic mass is 10.0. The van der Waals surface area contributed by atoms with Crippen LogP contribution in [-0.2, 0) is 24.1 Å². The molecule has 2 aromatic heterocycles. The van der Waals surface area contributed by atoms with Crippen LogP contribution in [0.2, 0.25) is 0 Å². The number of ether oxygens (including phenoxy) is 1. The molecule has 4 rings (SSSR count). The summed E-state index contributed by atoms with van der Waals surface area (Å²) in [4.78, 5) is 15.3. The van der Waals surface area contributed by atoms with Crippen molar-refractivity contribution < 1.29 is 9.26 Å². The van der Waals surface area contributed by atoms with Crippen LogP contribution in [0, 0.1) is 0 Å². The third-order valence-corrected chi connectivity index (χ3v) is 5.19. The minimum absolute atomic E-state index is 0.145. The largest absolute Gasteiger partial charge is 0.374 e. The Balaban J connectivity index is 1.48. The maximum Gasteiger partial charge on any atom is 0.240 e. The second-order valence-electron chi connectivity index (χ2n) is 6.81. The van der Waals surface area contributed by atoms with Crippen LogP contribution >= 0.6 is 0 Å². The monoisotopic (exact) mass is 331 g/mol. The molecule has 3 heterocycles. The number of methoxy groups -OCH3 is 1. The molecule has 2 aliphatic rings. The number of aromatic nitrogens is 4. The zero-order chi connectivity index (χ0) is 16.5. The summed E-state index contributed by atoms with van der Waals surface area (Å²) in [7, 11) is 1.65. The summed E-state index contributed by atoms with van der Waals surface area (Å²) in [5.41, 5.74) is 2.62. The van der Waals surface area contributed by atoms with Gasteiger partial charge in [-0.3, -0.25) is 4.90 Å². The van der Waals surface area contributed by atoms with Crippen LogP contribution in [0.1, 0.15) is 73.7 Å². The van der Waals surface area contributed by atoms with Gasteiger partial charge in [0.25, 0.3) is 0 Å². The molecule has 7 nitrogen and oxygen atoms in total. The van der Waals surface area contributed by atoms with E-state index in [1.807, 2.05) is 6.92 Å². The fraction of sp³-hybridized carbons (Fsp3) is 0.706. The number of imidazole rings is 1. The number of likely N-dealkylation sites (tertiary alicyclic amines) is 1. The van der Waals surface area contributed by atoms with Crippen molar-refractivity contribution in [2.24, 2.45) is 0 Å². The first-order chi connectivity index (χ1) is 11.7. The Morgan fingerprint density at radius 2 is 2.17 bits per heavy atom. The van der Waals surface area contributed by atoms with Gasteiger partial charge in [0.2, 0.25) is 5.89 Å².